The Morgan fingerprint density at radius 3 is 2.07 bits per heavy atom. The topological polar surface area (TPSA) is 63.6 Å². The number of benzene rings is 2. The maximum absolute atomic E-state index is 13.1. The molecule has 0 saturated heterocycles. The molecule has 1 N–H and O–H groups in total. The van der Waals surface area contributed by atoms with Gasteiger partial charge in [0, 0.05) is 11.5 Å². The minimum atomic E-state index is -1.32. The number of aliphatic carboxylic acids is 1. The molecule has 4 nitrogen and oxygen atoms in total. The molecule has 0 saturated carbocycles. The summed E-state index contributed by atoms with van der Waals surface area (Å²) in [7, 11) is 0. The van der Waals surface area contributed by atoms with Gasteiger partial charge in [-0.2, -0.15) is 0 Å². The lowest BCUT2D eigenvalue weighted by molar-refractivity contribution is -0.152. The van der Waals surface area contributed by atoms with Gasteiger partial charge >= 0.3 is 5.97 Å². The van der Waals surface area contributed by atoms with E-state index in [1.807, 2.05) is 39.8 Å². The van der Waals surface area contributed by atoms with Gasteiger partial charge in [-0.05, 0) is 81.0 Å². The largest absolute Gasteiger partial charge is 0.478 e. The van der Waals surface area contributed by atoms with Crippen LogP contribution in [0, 0.1) is 31.5 Å². The molecule has 156 valence electrons. The summed E-state index contributed by atoms with van der Waals surface area (Å²) >= 11 is 0. The average molecular weight is 400 g/mol. The summed E-state index contributed by atoms with van der Waals surface area (Å²) in [6, 6.07) is 9.60. The molecule has 2 aromatic carbocycles. The number of aryl methyl sites for hydroxylation is 2. The van der Waals surface area contributed by atoms with Crippen LogP contribution in [0.1, 0.15) is 54.7 Å². The quantitative estimate of drug-likeness (QED) is 0.604. The van der Waals surface area contributed by atoms with Crippen molar-refractivity contribution in [2.45, 2.75) is 53.6 Å². The first-order chi connectivity index (χ1) is 13.4. The Labute approximate surface area is 171 Å². The third-order valence-electron chi connectivity index (χ3n) is 5.35. The van der Waals surface area contributed by atoms with Crippen molar-refractivity contribution < 1.29 is 23.8 Å². The van der Waals surface area contributed by atoms with Crippen LogP contribution in [-0.2, 0) is 11.2 Å². The first-order valence-electron chi connectivity index (χ1n) is 9.74. The highest BCUT2D eigenvalue weighted by molar-refractivity contribution is 5.97. The van der Waals surface area contributed by atoms with E-state index in [9.17, 15) is 19.1 Å². The fraction of sp³-hybridized carbons (Fsp3) is 0.417. The maximum atomic E-state index is 13.1. The van der Waals surface area contributed by atoms with Gasteiger partial charge in [0.1, 0.15) is 11.6 Å². The van der Waals surface area contributed by atoms with E-state index < -0.39 is 11.6 Å². The molecule has 5 heteroatoms. The van der Waals surface area contributed by atoms with E-state index in [0.29, 0.717) is 17.7 Å². The van der Waals surface area contributed by atoms with E-state index in [4.69, 9.17) is 4.74 Å². The molecule has 0 aromatic heterocycles. The van der Waals surface area contributed by atoms with E-state index in [2.05, 4.69) is 0 Å². The molecule has 0 fully saturated rings. The second kappa shape index (κ2) is 8.76. The molecule has 0 aliphatic carbocycles. The number of carbonyl (C=O) groups excluding carboxylic acids is 1. The molecule has 29 heavy (non-hydrogen) atoms. The molecular formula is C24H29FO4. The molecule has 0 radical (unpaired) electrons. The fourth-order valence-corrected chi connectivity index (χ4v) is 3.30. The van der Waals surface area contributed by atoms with E-state index in [0.717, 1.165) is 16.7 Å². The molecule has 2 aromatic rings. The van der Waals surface area contributed by atoms with Gasteiger partial charge < -0.3 is 9.84 Å². The third-order valence-corrected chi connectivity index (χ3v) is 5.35. The summed E-state index contributed by atoms with van der Waals surface area (Å²) < 4.78 is 18.9. The number of rotatable bonds is 8. The zero-order chi connectivity index (χ0) is 21.9. The van der Waals surface area contributed by atoms with Crippen LogP contribution in [0.4, 0.5) is 4.39 Å². The predicted octanol–water partition coefficient (Wildman–Crippen LogP) is 5.38. The van der Waals surface area contributed by atoms with Crippen molar-refractivity contribution in [1.82, 2.24) is 0 Å². The van der Waals surface area contributed by atoms with Crippen molar-refractivity contribution >= 4 is 11.8 Å². The van der Waals surface area contributed by atoms with Gasteiger partial charge in [0.25, 0.3) is 0 Å². The van der Waals surface area contributed by atoms with Gasteiger partial charge in [-0.15, -0.1) is 0 Å². The second-order valence-electron chi connectivity index (χ2n) is 8.32. The summed E-state index contributed by atoms with van der Waals surface area (Å²) in [5, 5.41) is 9.30. The van der Waals surface area contributed by atoms with E-state index in [-0.39, 0.29) is 23.4 Å². The number of carboxylic acids is 1. The Balaban J connectivity index is 2.16. The monoisotopic (exact) mass is 400 g/mol. The number of hydrogen-bond acceptors (Lipinski definition) is 3. The SMILES string of the molecule is Cc1cc(C[C@H](C)[C@@H](C)C(=O)c2ccc(F)cc2)cc(C)c1OC(C)(C)C(=O)O. The number of ketones is 1. The van der Waals surface area contributed by atoms with E-state index in [1.165, 1.54) is 38.1 Å². The number of halogens is 1. The smallest absolute Gasteiger partial charge is 0.347 e. The molecule has 0 bridgehead atoms. The summed E-state index contributed by atoms with van der Waals surface area (Å²) in [5.74, 6) is -0.960. The zero-order valence-corrected chi connectivity index (χ0v) is 17.9. The van der Waals surface area contributed by atoms with E-state index >= 15 is 0 Å². The number of carboxylic acid groups (broad SMARTS) is 1. The molecule has 0 amide bonds. The van der Waals surface area contributed by atoms with Crippen LogP contribution in [0.15, 0.2) is 36.4 Å². The Morgan fingerprint density at radius 2 is 1.59 bits per heavy atom. The number of ether oxygens (including phenoxy) is 1. The molecule has 0 aliphatic rings. The molecule has 0 spiro atoms. The Morgan fingerprint density at radius 1 is 1.07 bits per heavy atom. The summed E-state index contributed by atoms with van der Waals surface area (Å²) in [4.78, 5) is 24.1. The van der Waals surface area contributed by atoms with Crippen molar-refractivity contribution in [3.05, 3.63) is 64.5 Å². The van der Waals surface area contributed by atoms with Crippen LogP contribution in [0.3, 0.4) is 0 Å². The van der Waals surface area contributed by atoms with Gasteiger partial charge in [-0.1, -0.05) is 26.0 Å². The van der Waals surface area contributed by atoms with Crippen LogP contribution >= 0.6 is 0 Å². The highest BCUT2D eigenvalue weighted by Crippen LogP contribution is 2.30. The first-order valence-corrected chi connectivity index (χ1v) is 9.74. The third kappa shape index (κ3) is 5.43. The second-order valence-corrected chi connectivity index (χ2v) is 8.32. The minimum absolute atomic E-state index is 0.00546. The van der Waals surface area contributed by atoms with Crippen LogP contribution in [-0.4, -0.2) is 22.5 Å². The fourth-order valence-electron chi connectivity index (χ4n) is 3.30. The highest BCUT2D eigenvalue weighted by Gasteiger charge is 2.30. The zero-order valence-electron chi connectivity index (χ0n) is 17.9. The summed E-state index contributed by atoms with van der Waals surface area (Å²) in [5.41, 5.74) is 1.98. The van der Waals surface area contributed by atoms with Gasteiger partial charge in [0.15, 0.2) is 11.4 Å². The average Bonchev–Trinajstić information content (AvgIpc) is 2.64. The molecular weight excluding hydrogens is 371 g/mol. The first kappa shape index (κ1) is 22.6. The number of Topliss-reactive ketones (excluding diaryl/α,β-unsaturated/α-hetero) is 1. The molecule has 2 rings (SSSR count). The molecule has 0 heterocycles. The Kier molecular flexibility index (Phi) is 6.83. The standard InChI is InChI=1S/C24H29FO4/c1-14(17(4)21(26)19-7-9-20(25)10-8-19)11-18-12-15(2)22(16(3)13-18)29-24(5,6)23(27)28/h7-10,12-14,17H,11H2,1-6H3,(H,27,28)/t14-,17+/m0/s1. The van der Waals surface area contributed by atoms with E-state index in [1.54, 1.807) is 0 Å². The van der Waals surface area contributed by atoms with Crippen LogP contribution in [0.25, 0.3) is 0 Å². The maximum Gasteiger partial charge on any atom is 0.347 e. The van der Waals surface area contributed by atoms with Gasteiger partial charge in [0.05, 0.1) is 0 Å². The van der Waals surface area contributed by atoms with Crippen molar-refractivity contribution in [2.24, 2.45) is 11.8 Å². The van der Waals surface area contributed by atoms with Crippen LogP contribution in [0.5, 0.6) is 5.75 Å². The van der Waals surface area contributed by atoms with Crippen molar-refractivity contribution in [1.29, 1.82) is 0 Å². The molecule has 0 unspecified atom stereocenters. The molecule has 2 atom stereocenters. The number of carbonyl (C=O) groups is 2. The van der Waals surface area contributed by atoms with Gasteiger partial charge in [-0.3, -0.25) is 4.79 Å². The summed E-state index contributed by atoms with van der Waals surface area (Å²) in [6.07, 6.45) is 0.693. The predicted molar refractivity (Wildman–Crippen MR) is 111 cm³/mol. The van der Waals surface area contributed by atoms with Gasteiger partial charge in [-0.25, -0.2) is 9.18 Å². The number of hydrogen-bond donors (Lipinski definition) is 1. The highest BCUT2D eigenvalue weighted by atomic mass is 19.1. The van der Waals surface area contributed by atoms with Gasteiger partial charge in [0.2, 0.25) is 0 Å². The van der Waals surface area contributed by atoms with Crippen LogP contribution in [0.2, 0.25) is 0 Å². The van der Waals surface area contributed by atoms with Crippen LogP contribution < -0.4 is 4.74 Å². The lowest BCUT2D eigenvalue weighted by Gasteiger charge is -2.25. The van der Waals surface area contributed by atoms with Crippen molar-refractivity contribution in [3.8, 4) is 5.75 Å². The normalized spacial score (nSPS) is 13.6. The Bertz CT molecular complexity index is 877. The molecule has 0 aliphatic heterocycles. The Hall–Kier alpha value is -2.69. The lowest BCUT2D eigenvalue weighted by atomic mass is 9.84. The van der Waals surface area contributed by atoms with Crippen molar-refractivity contribution in [3.63, 3.8) is 0 Å². The minimum Gasteiger partial charge on any atom is -0.478 e. The van der Waals surface area contributed by atoms with Crippen molar-refractivity contribution in [2.75, 3.05) is 0 Å². The summed E-state index contributed by atoms with van der Waals surface area (Å²) in [6.45, 7) is 10.7. The lowest BCUT2D eigenvalue weighted by Crippen LogP contribution is -2.38.